The summed E-state index contributed by atoms with van der Waals surface area (Å²) in [5, 5.41) is 14.0. The van der Waals surface area contributed by atoms with Crippen molar-refractivity contribution in [3.63, 3.8) is 0 Å². The highest BCUT2D eigenvalue weighted by Gasteiger charge is 2.46. The van der Waals surface area contributed by atoms with Crippen LogP contribution in [0.5, 0.6) is 0 Å². The number of likely N-dealkylation sites (tertiary alicyclic amines) is 1. The summed E-state index contributed by atoms with van der Waals surface area (Å²) >= 11 is 0. The van der Waals surface area contributed by atoms with Crippen LogP contribution in [0.1, 0.15) is 30.2 Å². The molecule has 0 saturated carbocycles. The predicted molar refractivity (Wildman–Crippen MR) is 123 cm³/mol. The summed E-state index contributed by atoms with van der Waals surface area (Å²) in [5.41, 5.74) is -0.178. The van der Waals surface area contributed by atoms with Crippen molar-refractivity contribution in [1.29, 1.82) is 5.41 Å². The van der Waals surface area contributed by atoms with Crippen molar-refractivity contribution in [3.05, 3.63) is 53.7 Å². The molecule has 0 aromatic carbocycles. The van der Waals surface area contributed by atoms with Gasteiger partial charge in [-0.25, -0.2) is 18.7 Å². The fourth-order valence-corrected chi connectivity index (χ4v) is 3.97. The number of carbonyl (C=O) groups excluding carboxylic acids is 1. The first-order valence-electron chi connectivity index (χ1n) is 11.0. The summed E-state index contributed by atoms with van der Waals surface area (Å²) < 4.78 is 67.2. The molecule has 2 aromatic rings. The average Bonchev–Trinajstić information content (AvgIpc) is 2.80. The second-order valence-electron chi connectivity index (χ2n) is 8.62. The Kier molecular flexibility index (Phi) is 7.89. The van der Waals surface area contributed by atoms with Crippen LogP contribution in [0.25, 0.3) is 5.57 Å². The molecule has 3 N–H and O–H groups in total. The van der Waals surface area contributed by atoms with E-state index in [-0.39, 0.29) is 18.1 Å². The minimum atomic E-state index is -4.60. The molecule has 1 unspecified atom stereocenters. The highest BCUT2D eigenvalue weighted by Crippen LogP contribution is 2.35. The Morgan fingerprint density at radius 1 is 1.22 bits per heavy atom. The summed E-state index contributed by atoms with van der Waals surface area (Å²) in [6, 6.07) is 2.57. The molecular weight excluding hydrogens is 485 g/mol. The monoisotopic (exact) mass is 511 g/mol. The molecule has 194 valence electrons. The summed E-state index contributed by atoms with van der Waals surface area (Å²) in [5.74, 6) is -4.92. The molecule has 36 heavy (non-hydrogen) atoms. The molecule has 1 fully saturated rings. The molecule has 3 rings (SSSR count). The zero-order valence-corrected chi connectivity index (χ0v) is 19.8. The van der Waals surface area contributed by atoms with Gasteiger partial charge < -0.3 is 15.5 Å². The average molecular weight is 511 g/mol. The third-order valence-electron chi connectivity index (χ3n) is 5.78. The van der Waals surface area contributed by atoms with E-state index in [0.29, 0.717) is 18.0 Å². The number of anilines is 1. The Hall–Kier alpha value is -3.64. The van der Waals surface area contributed by atoms with Gasteiger partial charge in [0, 0.05) is 61.6 Å². The van der Waals surface area contributed by atoms with Crippen molar-refractivity contribution in [2.75, 3.05) is 25.5 Å². The number of rotatable bonds is 7. The number of aromatic nitrogens is 3. The molecule has 13 heteroatoms. The van der Waals surface area contributed by atoms with Crippen LogP contribution >= 0.6 is 0 Å². The molecule has 2 atom stereocenters. The van der Waals surface area contributed by atoms with Crippen molar-refractivity contribution < 1.29 is 26.7 Å². The van der Waals surface area contributed by atoms with Crippen LogP contribution in [0.2, 0.25) is 0 Å². The van der Waals surface area contributed by atoms with Gasteiger partial charge in [0.05, 0.1) is 18.2 Å². The lowest BCUT2D eigenvalue weighted by molar-refractivity contribution is -0.145. The van der Waals surface area contributed by atoms with E-state index >= 15 is 0 Å². The minimum absolute atomic E-state index is 0.0984. The Bertz CT molecular complexity index is 1120. The van der Waals surface area contributed by atoms with Gasteiger partial charge >= 0.3 is 6.18 Å². The molecule has 2 aromatic heterocycles. The SMILES string of the molecule is CN/C=C(\C(=N)C(=O)N1CC(F)(F)C[C@@H](C)C1CNc1ncc(C(F)(F)F)cn1)c1ccc(C)nc1. The van der Waals surface area contributed by atoms with E-state index in [1.165, 1.54) is 12.4 Å². The van der Waals surface area contributed by atoms with Gasteiger partial charge in [-0.1, -0.05) is 13.0 Å². The summed E-state index contributed by atoms with van der Waals surface area (Å²) in [7, 11) is 1.58. The normalized spacial score (nSPS) is 20.1. The Morgan fingerprint density at radius 3 is 2.44 bits per heavy atom. The Labute approximate surface area is 204 Å². The number of hydrogen-bond donors (Lipinski definition) is 3. The van der Waals surface area contributed by atoms with Crippen LogP contribution in [0, 0.1) is 18.3 Å². The topological polar surface area (TPSA) is 107 Å². The van der Waals surface area contributed by atoms with Crippen molar-refractivity contribution >= 4 is 23.1 Å². The Balaban J connectivity index is 1.84. The molecule has 1 aliphatic rings. The zero-order valence-electron chi connectivity index (χ0n) is 19.8. The molecular formula is C23H26F5N7O. The van der Waals surface area contributed by atoms with Crippen LogP contribution in [0.15, 0.2) is 36.9 Å². The van der Waals surface area contributed by atoms with Gasteiger partial charge in [-0.2, -0.15) is 13.2 Å². The molecule has 1 amide bonds. The van der Waals surface area contributed by atoms with E-state index in [9.17, 15) is 26.7 Å². The molecule has 0 bridgehead atoms. The van der Waals surface area contributed by atoms with Crippen LogP contribution in [0.3, 0.4) is 0 Å². The second-order valence-corrected chi connectivity index (χ2v) is 8.62. The number of nitrogens with zero attached hydrogens (tertiary/aromatic N) is 4. The van der Waals surface area contributed by atoms with Gasteiger partial charge in [-0.15, -0.1) is 0 Å². The van der Waals surface area contributed by atoms with E-state index in [1.807, 2.05) is 0 Å². The standard InChI is InChI=1S/C23H26F5N7O/c1-13-6-22(24,25)12-35(18(13)11-34-21-32-8-16(9-33-21)23(26,27)28)20(36)19(29)17(10-30-3)15-5-4-14(2)31-7-15/h4-5,7-10,13,18,29-30H,6,11-12H2,1-3H3,(H,32,33,34)/b17-10-,29-19?/t13-,18?/m1/s1. The fourth-order valence-electron chi connectivity index (χ4n) is 3.97. The van der Waals surface area contributed by atoms with Gasteiger partial charge in [-0.05, 0) is 18.9 Å². The third kappa shape index (κ3) is 6.32. The highest BCUT2D eigenvalue weighted by atomic mass is 19.4. The van der Waals surface area contributed by atoms with Crippen molar-refractivity contribution in [2.45, 2.75) is 38.4 Å². The number of piperidine rings is 1. The number of carbonyl (C=O) groups is 1. The van der Waals surface area contributed by atoms with Gasteiger partial charge in [0.25, 0.3) is 11.8 Å². The van der Waals surface area contributed by atoms with E-state index in [1.54, 1.807) is 33.0 Å². The number of aryl methyl sites for hydroxylation is 1. The second kappa shape index (κ2) is 10.5. The quantitative estimate of drug-likeness (QED) is 0.386. The first kappa shape index (κ1) is 27.0. The van der Waals surface area contributed by atoms with Crippen molar-refractivity contribution in [1.82, 2.24) is 25.2 Å². The number of pyridine rings is 1. The van der Waals surface area contributed by atoms with Crippen molar-refractivity contribution in [2.24, 2.45) is 5.92 Å². The van der Waals surface area contributed by atoms with E-state index in [2.05, 4.69) is 25.6 Å². The smallest absolute Gasteiger partial charge is 0.393 e. The maximum absolute atomic E-state index is 14.5. The van der Waals surface area contributed by atoms with Crippen molar-refractivity contribution in [3.8, 4) is 0 Å². The number of hydrogen-bond acceptors (Lipinski definition) is 7. The molecule has 0 spiro atoms. The van der Waals surface area contributed by atoms with Gasteiger partial charge in [0.15, 0.2) is 0 Å². The largest absolute Gasteiger partial charge is 0.419 e. The molecule has 3 heterocycles. The van der Waals surface area contributed by atoms with Crippen LogP contribution in [0.4, 0.5) is 27.9 Å². The molecule has 1 aliphatic heterocycles. The number of halogens is 5. The summed E-state index contributed by atoms with van der Waals surface area (Å²) in [6.07, 6.45) is -0.980. The lowest BCUT2D eigenvalue weighted by Gasteiger charge is -2.43. The lowest BCUT2D eigenvalue weighted by atomic mass is 9.87. The third-order valence-corrected chi connectivity index (χ3v) is 5.78. The van der Waals surface area contributed by atoms with E-state index in [4.69, 9.17) is 5.41 Å². The number of nitrogens with one attached hydrogen (secondary N) is 3. The molecule has 8 nitrogen and oxygen atoms in total. The molecule has 0 aliphatic carbocycles. The van der Waals surface area contributed by atoms with Gasteiger partial charge in [0.1, 0.15) is 5.71 Å². The van der Waals surface area contributed by atoms with Crippen LogP contribution in [-0.4, -0.2) is 63.6 Å². The van der Waals surface area contributed by atoms with Crippen LogP contribution in [-0.2, 0) is 11.0 Å². The summed E-state index contributed by atoms with van der Waals surface area (Å²) in [4.78, 5) is 25.7. The Morgan fingerprint density at radius 2 is 1.89 bits per heavy atom. The van der Waals surface area contributed by atoms with Crippen LogP contribution < -0.4 is 10.6 Å². The fraction of sp³-hybridized carbons (Fsp3) is 0.435. The number of amides is 1. The lowest BCUT2D eigenvalue weighted by Crippen LogP contribution is -2.58. The maximum Gasteiger partial charge on any atom is 0.419 e. The molecule has 0 radical (unpaired) electrons. The highest BCUT2D eigenvalue weighted by molar-refractivity contribution is 6.54. The number of alkyl halides is 5. The molecule has 1 saturated heterocycles. The van der Waals surface area contributed by atoms with Gasteiger partial charge in [-0.3, -0.25) is 15.2 Å². The summed E-state index contributed by atoms with van der Waals surface area (Å²) in [6.45, 7) is 2.32. The van der Waals surface area contributed by atoms with E-state index < -0.39 is 54.2 Å². The zero-order chi connectivity index (χ0) is 26.7. The first-order chi connectivity index (χ1) is 16.8. The first-order valence-corrected chi connectivity index (χ1v) is 11.0. The predicted octanol–water partition coefficient (Wildman–Crippen LogP) is 3.76. The van der Waals surface area contributed by atoms with E-state index in [0.717, 1.165) is 10.6 Å². The minimum Gasteiger partial charge on any atom is -0.393 e. The van der Waals surface area contributed by atoms with Gasteiger partial charge in [0.2, 0.25) is 5.95 Å². The maximum atomic E-state index is 14.5.